The maximum atomic E-state index is 12.4. The number of hydrogen-bond acceptors (Lipinski definition) is 7. The standard InChI is InChI=1S/C25H26ClN7O2/c1-35-21-4-2-3-19(14-21)28-25(34)17-33-16-20(29-30-33)15-31-9-11-32(12-10-31)24-7-8-27-23-13-18(26)5-6-22(23)24/h2-8,13-14,16H,9-12,15,17H2,1H3,(H,28,34). The minimum absolute atomic E-state index is 0.0944. The first kappa shape index (κ1) is 23.1. The van der Waals surface area contributed by atoms with Gasteiger partial charge in [-0.1, -0.05) is 22.9 Å². The molecule has 1 fully saturated rings. The number of carbonyl (C=O) groups is 1. The van der Waals surface area contributed by atoms with Crippen LogP contribution in [-0.4, -0.2) is 64.1 Å². The molecule has 2 aromatic carbocycles. The van der Waals surface area contributed by atoms with Crippen molar-refractivity contribution in [2.45, 2.75) is 13.1 Å². The van der Waals surface area contributed by atoms with Crippen LogP contribution in [0, 0.1) is 0 Å². The highest BCUT2D eigenvalue weighted by molar-refractivity contribution is 6.31. The van der Waals surface area contributed by atoms with Gasteiger partial charge in [0.05, 0.1) is 24.5 Å². The Balaban J connectivity index is 1.14. The Bertz CT molecular complexity index is 1330. The smallest absolute Gasteiger partial charge is 0.246 e. The molecule has 0 unspecified atom stereocenters. The molecule has 0 spiro atoms. The van der Waals surface area contributed by atoms with Crippen LogP contribution in [0.2, 0.25) is 5.02 Å². The van der Waals surface area contributed by atoms with E-state index in [0.29, 0.717) is 23.0 Å². The number of carbonyl (C=O) groups excluding carboxylic acids is 1. The molecule has 1 saturated heterocycles. The molecule has 10 heteroatoms. The molecule has 1 amide bonds. The highest BCUT2D eigenvalue weighted by Gasteiger charge is 2.20. The number of benzene rings is 2. The van der Waals surface area contributed by atoms with Gasteiger partial charge >= 0.3 is 0 Å². The molecule has 180 valence electrons. The molecule has 0 radical (unpaired) electrons. The topological polar surface area (TPSA) is 88.4 Å². The van der Waals surface area contributed by atoms with Crippen LogP contribution >= 0.6 is 11.6 Å². The van der Waals surface area contributed by atoms with E-state index in [1.807, 2.05) is 48.8 Å². The van der Waals surface area contributed by atoms with Gasteiger partial charge in [0.1, 0.15) is 12.3 Å². The molecule has 1 aliphatic heterocycles. The summed E-state index contributed by atoms with van der Waals surface area (Å²) in [5.74, 6) is 0.515. The molecule has 5 rings (SSSR count). The minimum atomic E-state index is -0.172. The summed E-state index contributed by atoms with van der Waals surface area (Å²) in [6.07, 6.45) is 3.67. The Labute approximate surface area is 208 Å². The van der Waals surface area contributed by atoms with E-state index in [-0.39, 0.29) is 12.5 Å². The van der Waals surface area contributed by atoms with Crippen LogP contribution in [0.3, 0.4) is 0 Å². The van der Waals surface area contributed by atoms with Gasteiger partial charge in [-0.25, -0.2) is 4.68 Å². The lowest BCUT2D eigenvalue weighted by Gasteiger charge is -2.36. The second-order valence-electron chi connectivity index (χ2n) is 8.44. The van der Waals surface area contributed by atoms with Crippen molar-refractivity contribution < 1.29 is 9.53 Å². The molecule has 0 atom stereocenters. The van der Waals surface area contributed by atoms with E-state index in [0.717, 1.165) is 42.8 Å². The molecule has 4 aromatic rings. The first-order chi connectivity index (χ1) is 17.1. The zero-order valence-corrected chi connectivity index (χ0v) is 20.1. The lowest BCUT2D eigenvalue weighted by Crippen LogP contribution is -2.46. The molecule has 2 aromatic heterocycles. The number of halogens is 1. The highest BCUT2D eigenvalue weighted by Crippen LogP contribution is 2.28. The van der Waals surface area contributed by atoms with Crippen LogP contribution in [0.5, 0.6) is 5.75 Å². The maximum Gasteiger partial charge on any atom is 0.246 e. The molecule has 3 heterocycles. The summed E-state index contributed by atoms with van der Waals surface area (Å²) in [7, 11) is 1.59. The van der Waals surface area contributed by atoms with Gasteiger partial charge in [0, 0.05) is 66.8 Å². The van der Waals surface area contributed by atoms with E-state index in [4.69, 9.17) is 16.3 Å². The summed E-state index contributed by atoms with van der Waals surface area (Å²) in [5, 5.41) is 13.0. The number of amides is 1. The molecule has 0 saturated carbocycles. The van der Waals surface area contributed by atoms with Crippen molar-refractivity contribution in [2.24, 2.45) is 0 Å². The molecule has 1 N–H and O–H groups in total. The van der Waals surface area contributed by atoms with Crippen LogP contribution in [-0.2, 0) is 17.9 Å². The minimum Gasteiger partial charge on any atom is -0.497 e. The van der Waals surface area contributed by atoms with E-state index >= 15 is 0 Å². The van der Waals surface area contributed by atoms with Gasteiger partial charge in [-0.15, -0.1) is 5.10 Å². The molecule has 35 heavy (non-hydrogen) atoms. The number of anilines is 2. The molecule has 0 aliphatic carbocycles. The predicted molar refractivity (Wildman–Crippen MR) is 136 cm³/mol. The van der Waals surface area contributed by atoms with Gasteiger partial charge in [0.25, 0.3) is 0 Å². The van der Waals surface area contributed by atoms with Crippen LogP contribution < -0.4 is 15.0 Å². The van der Waals surface area contributed by atoms with Crippen molar-refractivity contribution in [3.8, 4) is 5.75 Å². The summed E-state index contributed by atoms with van der Waals surface area (Å²) >= 11 is 6.13. The second kappa shape index (κ2) is 10.3. The molecule has 9 nitrogen and oxygen atoms in total. The third-order valence-electron chi connectivity index (χ3n) is 6.03. The van der Waals surface area contributed by atoms with Crippen molar-refractivity contribution >= 4 is 39.8 Å². The van der Waals surface area contributed by atoms with E-state index in [1.165, 1.54) is 5.69 Å². The van der Waals surface area contributed by atoms with Crippen LogP contribution in [0.4, 0.5) is 11.4 Å². The number of nitrogens with zero attached hydrogens (tertiary/aromatic N) is 6. The number of fused-ring (bicyclic) bond motifs is 1. The summed E-state index contributed by atoms with van der Waals surface area (Å²) in [4.78, 5) is 21.6. The normalized spacial score (nSPS) is 14.3. The third kappa shape index (κ3) is 5.52. The predicted octanol–water partition coefficient (Wildman–Crippen LogP) is 3.45. The number of hydrogen-bond donors (Lipinski definition) is 1. The van der Waals surface area contributed by atoms with Crippen molar-refractivity contribution in [3.05, 3.63) is 71.6 Å². The Morgan fingerprint density at radius 2 is 1.97 bits per heavy atom. The fourth-order valence-corrected chi connectivity index (χ4v) is 4.46. The number of methoxy groups -OCH3 is 1. The first-order valence-electron chi connectivity index (χ1n) is 11.4. The van der Waals surface area contributed by atoms with Crippen molar-refractivity contribution in [1.82, 2.24) is 24.9 Å². The SMILES string of the molecule is COc1cccc(NC(=O)Cn2cc(CN3CCN(c4ccnc5cc(Cl)ccc45)CC3)nn2)c1. The van der Waals surface area contributed by atoms with Gasteiger partial charge in [0.2, 0.25) is 5.91 Å². The lowest BCUT2D eigenvalue weighted by molar-refractivity contribution is -0.116. The molecule has 0 bridgehead atoms. The Morgan fingerprint density at radius 1 is 1.11 bits per heavy atom. The van der Waals surface area contributed by atoms with Gasteiger partial charge in [-0.2, -0.15) is 0 Å². The third-order valence-corrected chi connectivity index (χ3v) is 6.26. The number of rotatable bonds is 7. The summed E-state index contributed by atoms with van der Waals surface area (Å²) in [5.41, 5.74) is 3.61. The van der Waals surface area contributed by atoms with Crippen molar-refractivity contribution in [2.75, 3.05) is 43.5 Å². The van der Waals surface area contributed by atoms with E-state index in [1.54, 1.807) is 17.9 Å². The quantitative estimate of drug-likeness (QED) is 0.423. The fourth-order valence-electron chi connectivity index (χ4n) is 4.29. The number of aromatic nitrogens is 4. The molecular weight excluding hydrogens is 466 g/mol. The van der Waals surface area contributed by atoms with Crippen LogP contribution in [0.1, 0.15) is 5.69 Å². The summed E-state index contributed by atoms with van der Waals surface area (Å²) in [6.45, 7) is 4.40. The lowest BCUT2D eigenvalue weighted by atomic mass is 10.1. The Kier molecular flexibility index (Phi) is 6.78. The van der Waals surface area contributed by atoms with E-state index < -0.39 is 0 Å². The average Bonchev–Trinajstić information content (AvgIpc) is 3.30. The zero-order valence-electron chi connectivity index (χ0n) is 19.4. The number of pyridine rings is 1. The van der Waals surface area contributed by atoms with E-state index in [9.17, 15) is 4.79 Å². The monoisotopic (exact) mass is 491 g/mol. The van der Waals surface area contributed by atoms with Gasteiger partial charge in [0.15, 0.2) is 0 Å². The second-order valence-corrected chi connectivity index (χ2v) is 8.88. The molecule has 1 aliphatic rings. The first-order valence-corrected chi connectivity index (χ1v) is 11.8. The number of nitrogens with one attached hydrogen (secondary N) is 1. The van der Waals surface area contributed by atoms with Gasteiger partial charge in [-0.05, 0) is 36.4 Å². The average molecular weight is 492 g/mol. The van der Waals surface area contributed by atoms with Crippen LogP contribution in [0.25, 0.3) is 10.9 Å². The zero-order chi connectivity index (χ0) is 24.2. The van der Waals surface area contributed by atoms with Crippen molar-refractivity contribution in [3.63, 3.8) is 0 Å². The largest absolute Gasteiger partial charge is 0.497 e. The fraction of sp³-hybridized carbons (Fsp3) is 0.280. The Hall–Kier alpha value is -3.69. The van der Waals surface area contributed by atoms with Crippen molar-refractivity contribution in [1.29, 1.82) is 0 Å². The number of ether oxygens (including phenoxy) is 1. The maximum absolute atomic E-state index is 12.4. The summed E-state index contributed by atoms with van der Waals surface area (Å²) < 4.78 is 6.76. The van der Waals surface area contributed by atoms with Gasteiger partial charge in [-0.3, -0.25) is 14.7 Å². The van der Waals surface area contributed by atoms with E-state index in [2.05, 4.69) is 36.5 Å². The summed E-state index contributed by atoms with van der Waals surface area (Å²) in [6, 6.07) is 15.2. The van der Waals surface area contributed by atoms with Crippen LogP contribution in [0.15, 0.2) is 60.9 Å². The number of piperazine rings is 1. The highest BCUT2D eigenvalue weighted by atomic mass is 35.5. The van der Waals surface area contributed by atoms with Gasteiger partial charge < -0.3 is 15.0 Å². The molecular formula is C25H26ClN7O2. The Morgan fingerprint density at radius 3 is 2.80 bits per heavy atom.